The minimum absolute atomic E-state index is 0.0598. The zero-order valence-corrected chi connectivity index (χ0v) is 9.05. The Morgan fingerprint density at radius 2 is 2.23 bits per heavy atom. The highest BCUT2D eigenvalue weighted by molar-refractivity contribution is 4.89. The van der Waals surface area contributed by atoms with Gasteiger partial charge < -0.3 is 9.84 Å². The zero-order valence-electron chi connectivity index (χ0n) is 9.05. The summed E-state index contributed by atoms with van der Waals surface area (Å²) in [4.78, 5) is 0. The van der Waals surface area contributed by atoms with E-state index in [0.29, 0.717) is 0 Å². The van der Waals surface area contributed by atoms with Crippen LogP contribution in [0.5, 0.6) is 0 Å². The predicted octanol–water partition coefficient (Wildman–Crippen LogP) is 2.21. The molecule has 0 aromatic heterocycles. The van der Waals surface area contributed by atoms with Crippen LogP contribution in [-0.4, -0.2) is 24.4 Å². The molecule has 1 aliphatic heterocycles. The first-order valence-corrected chi connectivity index (χ1v) is 5.33. The molecule has 0 amide bonds. The Kier molecular flexibility index (Phi) is 3.74. The van der Waals surface area contributed by atoms with Crippen molar-refractivity contribution >= 4 is 0 Å². The van der Waals surface area contributed by atoms with Crippen LogP contribution in [0.2, 0.25) is 0 Å². The molecule has 1 heterocycles. The van der Waals surface area contributed by atoms with Crippen molar-refractivity contribution in [1.29, 1.82) is 0 Å². The standard InChI is InChI=1S/C11H22O2/c1-9(2)4-5-11(8-12)6-7-13-10(11)3/h9-10,12H,4-8H2,1-3H3. The summed E-state index contributed by atoms with van der Waals surface area (Å²) < 4.78 is 5.53. The van der Waals surface area contributed by atoms with Crippen molar-refractivity contribution < 1.29 is 9.84 Å². The van der Waals surface area contributed by atoms with E-state index in [4.69, 9.17) is 4.74 Å². The maximum Gasteiger partial charge on any atom is 0.0625 e. The summed E-state index contributed by atoms with van der Waals surface area (Å²) in [6.45, 7) is 7.64. The Morgan fingerprint density at radius 1 is 1.54 bits per heavy atom. The van der Waals surface area contributed by atoms with Gasteiger partial charge in [-0.2, -0.15) is 0 Å². The Hall–Kier alpha value is -0.0800. The van der Waals surface area contributed by atoms with E-state index in [-0.39, 0.29) is 18.1 Å². The van der Waals surface area contributed by atoms with Crippen LogP contribution in [0.1, 0.15) is 40.0 Å². The smallest absolute Gasteiger partial charge is 0.0625 e. The highest BCUT2D eigenvalue weighted by Crippen LogP contribution is 2.39. The minimum atomic E-state index is 0.0598. The quantitative estimate of drug-likeness (QED) is 0.729. The summed E-state index contributed by atoms with van der Waals surface area (Å²) in [7, 11) is 0. The third kappa shape index (κ3) is 2.44. The van der Waals surface area contributed by atoms with Crippen molar-refractivity contribution in [2.75, 3.05) is 13.2 Å². The largest absolute Gasteiger partial charge is 0.396 e. The average molecular weight is 186 g/mol. The van der Waals surface area contributed by atoms with Crippen LogP contribution in [0, 0.1) is 11.3 Å². The van der Waals surface area contributed by atoms with Gasteiger partial charge in [-0.3, -0.25) is 0 Å². The topological polar surface area (TPSA) is 29.5 Å². The molecule has 2 nitrogen and oxygen atoms in total. The van der Waals surface area contributed by atoms with Gasteiger partial charge in [0.05, 0.1) is 12.7 Å². The van der Waals surface area contributed by atoms with Gasteiger partial charge in [-0.25, -0.2) is 0 Å². The van der Waals surface area contributed by atoms with Gasteiger partial charge in [-0.05, 0) is 25.7 Å². The fourth-order valence-electron chi connectivity index (χ4n) is 2.01. The van der Waals surface area contributed by atoms with E-state index >= 15 is 0 Å². The van der Waals surface area contributed by atoms with Gasteiger partial charge in [0, 0.05) is 12.0 Å². The normalized spacial score (nSPS) is 34.4. The summed E-state index contributed by atoms with van der Waals surface area (Å²) in [5.74, 6) is 0.719. The van der Waals surface area contributed by atoms with Crippen molar-refractivity contribution in [3.05, 3.63) is 0 Å². The zero-order chi connectivity index (χ0) is 9.90. The molecule has 1 N–H and O–H groups in total. The molecule has 0 aliphatic carbocycles. The molecule has 13 heavy (non-hydrogen) atoms. The maximum absolute atomic E-state index is 9.42. The highest BCUT2D eigenvalue weighted by Gasteiger charge is 2.40. The lowest BCUT2D eigenvalue weighted by molar-refractivity contribution is 0.0187. The molecular weight excluding hydrogens is 164 g/mol. The molecule has 0 bridgehead atoms. The van der Waals surface area contributed by atoms with Gasteiger partial charge in [0.15, 0.2) is 0 Å². The molecule has 0 spiro atoms. The van der Waals surface area contributed by atoms with Crippen molar-refractivity contribution in [3.8, 4) is 0 Å². The molecule has 1 saturated heterocycles. The first-order valence-electron chi connectivity index (χ1n) is 5.33. The van der Waals surface area contributed by atoms with Crippen LogP contribution in [-0.2, 0) is 4.74 Å². The van der Waals surface area contributed by atoms with Crippen LogP contribution in [0.3, 0.4) is 0 Å². The summed E-state index contributed by atoms with van der Waals surface area (Å²) in [6.07, 6.45) is 3.55. The molecule has 2 atom stereocenters. The van der Waals surface area contributed by atoms with Crippen molar-refractivity contribution in [1.82, 2.24) is 0 Å². The second-order valence-electron chi connectivity index (χ2n) is 4.72. The van der Waals surface area contributed by atoms with E-state index < -0.39 is 0 Å². The van der Waals surface area contributed by atoms with Gasteiger partial charge in [-0.15, -0.1) is 0 Å². The van der Waals surface area contributed by atoms with E-state index in [1.54, 1.807) is 0 Å². The summed E-state index contributed by atoms with van der Waals surface area (Å²) >= 11 is 0. The maximum atomic E-state index is 9.42. The highest BCUT2D eigenvalue weighted by atomic mass is 16.5. The van der Waals surface area contributed by atoms with Gasteiger partial charge >= 0.3 is 0 Å². The third-order valence-corrected chi connectivity index (χ3v) is 3.36. The number of rotatable bonds is 4. The first-order chi connectivity index (χ1) is 6.10. The van der Waals surface area contributed by atoms with E-state index in [0.717, 1.165) is 25.4 Å². The lowest BCUT2D eigenvalue weighted by atomic mass is 9.77. The molecule has 78 valence electrons. The molecule has 1 aliphatic rings. The molecule has 0 aromatic carbocycles. The summed E-state index contributed by atoms with van der Waals surface area (Å²) in [6, 6.07) is 0. The van der Waals surface area contributed by atoms with Crippen molar-refractivity contribution in [3.63, 3.8) is 0 Å². The molecule has 2 unspecified atom stereocenters. The molecule has 0 saturated carbocycles. The van der Waals surface area contributed by atoms with Crippen molar-refractivity contribution in [2.24, 2.45) is 11.3 Å². The number of hydrogen-bond acceptors (Lipinski definition) is 2. The number of aliphatic hydroxyl groups is 1. The Morgan fingerprint density at radius 3 is 2.62 bits per heavy atom. The van der Waals surface area contributed by atoms with E-state index in [9.17, 15) is 5.11 Å². The molecule has 1 fully saturated rings. The van der Waals surface area contributed by atoms with Crippen LogP contribution >= 0.6 is 0 Å². The van der Waals surface area contributed by atoms with E-state index in [1.807, 2.05) is 0 Å². The summed E-state index contributed by atoms with van der Waals surface area (Å²) in [5.41, 5.74) is 0.0598. The molecule has 1 rings (SSSR count). The number of aliphatic hydroxyl groups excluding tert-OH is 1. The van der Waals surface area contributed by atoms with Crippen molar-refractivity contribution in [2.45, 2.75) is 46.1 Å². The van der Waals surface area contributed by atoms with Crippen LogP contribution in [0.25, 0.3) is 0 Å². The van der Waals surface area contributed by atoms with Crippen LogP contribution in [0.15, 0.2) is 0 Å². The fraction of sp³-hybridized carbons (Fsp3) is 1.00. The molecular formula is C11H22O2. The molecule has 0 radical (unpaired) electrons. The van der Waals surface area contributed by atoms with Crippen LogP contribution < -0.4 is 0 Å². The average Bonchev–Trinajstić information content (AvgIpc) is 2.45. The Balaban J connectivity index is 2.49. The second kappa shape index (κ2) is 4.43. The van der Waals surface area contributed by atoms with Gasteiger partial charge in [0.1, 0.15) is 0 Å². The molecule has 0 aromatic rings. The van der Waals surface area contributed by atoms with Crippen LogP contribution in [0.4, 0.5) is 0 Å². The van der Waals surface area contributed by atoms with Gasteiger partial charge in [0.25, 0.3) is 0 Å². The lowest BCUT2D eigenvalue weighted by Gasteiger charge is -2.30. The SMILES string of the molecule is CC(C)CCC1(CO)CCOC1C. The second-order valence-corrected chi connectivity index (χ2v) is 4.72. The monoisotopic (exact) mass is 186 g/mol. The lowest BCUT2D eigenvalue weighted by Crippen LogP contribution is -2.33. The van der Waals surface area contributed by atoms with E-state index in [1.165, 1.54) is 6.42 Å². The van der Waals surface area contributed by atoms with Gasteiger partial charge in [0.2, 0.25) is 0 Å². The van der Waals surface area contributed by atoms with Gasteiger partial charge in [-0.1, -0.05) is 20.3 Å². The minimum Gasteiger partial charge on any atom is -0.396 e. The van der Waals surface area contributed by atoms with E-state index in [2.05, 4.69) is 20.8 Å². The summed E-state index contributed by atoms with van der Waals surface area (Å²) in [5, 5.41) is 9.42. The molecule has 2 heteroatoms. The Labute approximate surface area is 81.3 Å². The first kappa shape index (κ1) is 11.0. The predicted molar refractivity (Wildman–Crippen MR) is 53.6 cm³/mol. The number of hydrogen-bond donors (Lipinski definition) is 1. The number of ether oxygens (including phenoxy) is 1. The fourth-order valence-corrected chi connectivity index (χ4v) is 2.01. The Bertz CT molecular complexity index is 156. The third-order valence-electron chi connectivity index (χ3n) is 3.36.